The van der Waals surface area contributed by atoms with Gasteiger partial charge in [0.2, 0.25) is 0 Å². The quantitative estimate of drug-likeness (QED) is 0.639. The lowest BCUT2D eigenvalue weighted by molar-refractivity contribution is 0.0977. The topological polar surface area (TPSA) is 53.9 Å². The average molecular weight is 198 g/mol. The fourth-order valence-corrected chi connectivity index (χ4v) is 1.20. The van der Waals surface area contributed by atoms with Gasteiger partial charge in [-0.3, -0.25) is 4.99 Å². The maximum Gasteiger partial charge on any atom is 0.101 e. The van der Waals surface area contributed by atoms with E-state index >= 15 is 0 Å². The van der Waals surface area contributed by atoms with Gasteiger partial charge in [-0.2, -0.15) is 0 Å². The Morgan fingerprint density at radius 2 is 2.36 bits per heavy atom. The molecule has 0 aliphatic carbocycles. The molecule has 0 atom stereocenters. The van der Waals surface area contributed by atoms with Crippen molar-refractivity contribution in [3.05, 3.63) is 11.8 Å². The second-order valence-corrected chi connectivity index (χ2v) is 3.30. The standard InChI is InChI=1S/C10H18N2O2/c1-9-2-3-10(12-8-9)11-4-6-14-7-5-13/h8,13H,2-7H2,1H3,(H,11,12). The fourth-order valence-electron chi connectivity index (χ4n) is 1.20. The maximum absolute atomic E-state index is 8.46. The lowest BCUT2D eigenvalue weighted by Gasteiger charge is -2.13. The number of hydrogen-bond donors (Lipinski definition) is 2. The summed E-state index contributed by atoms with van der Waals surface area (Å²) < 4.78 is 5.09. The predicted molar refractivity (Wildman–Crippen MR) is 56.3 cm³/mol. The molecule has 0 spiro atoms. The normalized spacial score (nSPS) is 19.3. The zero-order valence-corrected chi connectivity index (χ0v) is 8.62. The fraction of sp³-hybridized carbons (Fsp3) is 0.700. The molecule has 0 aromatic rings. The van der Waals surface area contributed by atoms with Crippen molar-refractivity contribution >= 4 is 5.84 Å². The van der Waals surface area contributed by atoms with E-state index in [-0.39, 0.29) is 6.61 Å². The number of aliphatic hydroxyl groups excluding tert-OH is 1. The van der Waals surface area contributed by atoms with Crippen LogP contribution in [0.15, 0.2) is 16.8 Å². The number of hydrogen-bond acceptors (Lipinski definition) is 3. The molecular formula is C10H18N2O2. The van der Waals surface area contributed by atoms with Crippen LogP contribution in [0, 0.1) is 0 Å². The minimum atomic E-state index is 0.0801. The van der Waals surface area contributed by atoms with Gasteiger partial charge in [0.15, 0.2) is 0 Å². The zero-order valence-electron chi connectivity index (χ0n) is 8.62. The summed E-state index contributed by atoms with van der Waals surface area (Å²) in [5.74, 6) is 1.03. The number of amidine groups is 1. The van der Waals surface area contributed by atoms with Crippen LogP contribution in [-0.2, 0) is 4.74 Å². The molecule has 1 aliphatic heterocycles. The first kappa shape index (κ1) is 11.2. The van der Waals surface area contributed by atoms with Crippen LogP contribution in [0.3, 0.4) is 0 Å². The zero-order chi connectivity index (χ0) is 10.2. The van der Waals surface area contributed by atoms with Gasteiger partial charge >= 0.3 is 0 Å². The van der Waals surface area contributed by atoms with Crippen LogP contribution in [0.25, 0.3) is 0 Å². The third-order valence-electron chi connectivity index (χ3n) is 2.02. The number of rotatable bonds is 5. The van der Waals surface area contributed by atoms with Crippen molar-refractivity contribution < 1.29 is 9.84 Å². The molecule has 0 radical (unpaired) electrons. The Hall–Kier alpha value is -0.870. The summed E-state index contributed by atoms with van der Waals surface area (Å²) in [6.45, 7) is 3.83. The van der Waals surface area contributed by atoms with Gasteiger partial charge in [-0.25, -0.2) is 0 Å². The number of ether oxygens (including phenoxy) is 1. The smallest absolute Gasteiger partial charge is 0.101 e. The largest absolute Gasteiger partial charge is 0.394 e. The monoisotopic (exact) mass is 198 g/mol. The molecule has 0 saturated carbocycles. The summed E-state index contributed by atoms with van der Waals surface area (Å²) >= 11 is 0. The van der Waals surface area contributed by atoms with Crippen LogP contribution in [0.4, 0.5) is 0 Å². The molecule has 2 N–H and O–H groups in total. The summed E-state index contributed by atoms with van der Waals surface area (Å²) in [5, 5.41) is 11.6. The molecule has 4 heteroatoms. The first-order chi connectivity index (χ1) is 6.83. The molecule has 0 aromatic heterocycles. The third kappa shape index (κ3) is 4.39. The van der Waals surface area contributed by atoms with Gasteiger partial charge in [-0.05, 0) is 13.3 Å². The van der Waals surface area contributed by atoms with Crippen LogP contribution in [-0.4, -0.2) is 37.3 Å². The Bertz CT molecular complexity index is 224. The highest BCUT2D eigenvalue weighted by Gasteiger charge is 2.03. The predicted octanol–water partition coefficient (Wildman–Crippen LogP) is 0.681. The van der Waals surface area contributed by atoms with Crippen molar-refractivity contribution in [1.29, 1.82) is 0 Å². The van der Waals surface area contributed by atoms with Crippen molar-refractivity contribution in [3.8, 4) is 0 Å². The maximum atomic E-state index is 8.46. The van der Waals surface area contributed by atoms with Gasteiger partial charge in [0, 0.05) is 12.6 Å². The second-order valence-electron chi connectivity index (χ2n) is 3.30. The SMILES string of the molecule is CC1=CNC(=NCCOCCO)CC1. The molecule has 0 saturated heterocycles. The summed E-state index contributed by atoms with van der Waals surface area (Å²) in [6, 6.07) is 0. The Labute approximate surface area is 84.7 Å². The molecule has 0 amide bonds. The summed E-state index contributed by atoms with van der Waals surface area (Å²) in [7, 11) is 0. The van der Waals surface area contributed by atoms with Gasteiger partial charge in [0.25, 0.3) is 0 Å². The second kappa shape index (κ2) is 6.56. The minimum absolute atomic E-state index is 0.0801. The van der Waals surface area contributed by atoms with E-state index in [4.69, 9.17) is 9.84 Å². The highest BCUT2D eigenvalue weighted by atomic mass is 16.5. The van der Waals surface area contributed by atoms with Crippen LogP contribution in [0.1, 0.15) is 19.8 Å². The number of aliphatic hydroxyl groups is 1. The van der Waals surface area contributed by atoms with E-state index in [1.54, 1.807) is 0 Å². The molecule has 14 heavy (non-hydrogen) atoms. The van der Waals surface area contributed by atoms with E-state index in [1.165, 1.54) is 5.57 Å². The molecule has 0 aromatic carbocycles. The highest BCUT2D eigenvalue weighted by Crippen LogP contribution is 2.07. The molecule has 0 unspecified atom stereocenters. The Morgan fingerprint density at radius 3 is 3.00 bits per heavy atom. The molecule has 1 aliphatic rings. The number of nitrogens with one attached hydrogen (secondary N) is 1. The Morgan fingerprint density at radius 1 is 1.50 bits per heavy atom. The van der Waals surface area contributed by atoms with E-state index in [9.17, 15) is 0 Å². The number of nitrogens with zero attached hydrogens (tertiary/aromatic N) is 1. The molecule has 1 heterocycles. The number of aliphatic imine (C=N–C) groups is 1. The van der Waals surface area contributed by atoms with Crippen LogP contribution in [0.5, 0.6) is 0 Å². The van der Waals surface area contributed by atoms with Crippen molar-refractivity contribution in [3.63, 3.8) is 0 Å². The minimum Gasteiger partial charge on any atom is -0.394 e. The molecule has 80 valence electrons. The average Bonchev–Trinajstić information content (AvgIpc) is 2.21. The first-order valence-electron chi connectivity index (χ1n) is 4.97. The van der Waals surface area contributed by atoms with Crippen molar-refractivity contribution in [2.24, 2.45) is 4.99 Å². The first-order valence-corrected chi connectivity index (χ1v) is 4.97. The van der Waals surface area contributed by atoms with E-state index in [0.717, 1.165) is 18.7 Å². The molecular weight excluding hydrogens is 180 g/mol. The van der Waals surface area contributed by atoms with Crippen LogP contribution >= 0.6 is 0 Å². The summed E-state index contributed by atoms with van der Waals surface area (Å²) in [6.07, 6.45) is 4.07. The van der Waals surface area contributed by atoms with E-state index in [2.05, 4.69) is 17.2 Å². The number of allylic oxidation sites excluding steroid dienone is 1. The summed E-state index contributed by atoms with van der Waals surface area (Å²) in [5.41, 5.74) is 1.36. The van der Waals surface area contributed by atoms with Crippen LogP contribution in [0.2, 0.25) is 0 Å². The van der Waals surface area contributed by atoms with E-state index < -0.39 is 0 Å². The third-order valence-corrected chi connectivity index (χ3v) is 2.02. The highest BCUT2D eigenvalue weighted by molar-refractivity contribution is 5.84. The van der Waals surface area contributed by atoms with Crippen molar-refractivity contribution in [2.45, 2.75) is 19.8 Å². The Balaban J connectivity index is 2.12. The Kier molecular flexibility index (Phi) is 5.25. The van der Waals surface area contributed by atoms with Gasteiger partial charge in [0.05, 0.1) is 26.4 Å². The molecule has 0 bridgehead atoms. The van der Waals surface area contributed by atoms with E-state index in [0.29, 0.717) is 19.8 Å². The molecule has 1 rings (SSSR count). The van der Waals surface area contributed by atoms with Gasteiger partial charge < -0.3 is 15.2 Å². The molecule has 0 fully saturated rings. The molecule has 4 nitrogen and oxygen atoms in total. The van der Waals surface area contributed by atoms with Crippen molar-refractivity contribution in [2.75, 3.05) is 26.4 Å². The lowest BCUT2D eigenvalue weighted by Crippen LogP contribution is -2.22. The van der Waals surface area contributed by atoms with Gasteiger partial charge in [-0.1, -0.05) is 5.57 Å². The van der Waals surface area contributed by atoms with Gasteiger partial charge in [-0.15, -0.1) is 0 Å². The van der Waals surface area contributed by atoms with Gasteiger partial charge in [0.1, 0.15) is 5.84 Å². The van der Waals surface area contributed by atoms with Crippen molar-refractivity contribution in [1.82, 2.24) is 5.32 Å². The van der Waals surface area contributed by atoms with E-state index in [1.807, 2.05) is 6.20 Å². The van der Waals surface area contributed by atoms with Crippen LogP contribution < -0.4 is 5.32 Å². The summed E-state index contributed by atoms with van der Waals surface area (Å²) in [4.78, 5) is 4.34. The lowest BCUT2D eigenvalue weighted by atomic mass is 10.1.